The average Bonchev–Trinajstić information content (AvgIpc) is 2.39. The molecule has 1 saturated carbocycles. The number of carboxylic acid groups (broad SMARTS) is 1. The van der Waals surface area contributed by atoms with Crippen LogP contribution in [-0.2, 0) is 0 Å². The third-order valence-electron chi connectivity index (χ3n) is 4.42. The summed E-state index contributed by atoms with van der Waals surface area (Å²) in [6.45, 7) is 6.62. The fourth-order valence-electron chi connectivity index (χ4n) is 3.05. The van der Waals surface area contributed by atoms with Gasteiger partial charge in [0.15, 0.2) is 0 Å². The highest BCUT2D eigenvalue weighted by Crippen LogP contribution is 2.45. The van der Waals surface area contributed by atoms with E-state index in [-0.39, 0.29) is 16.6 Å². The Hall–Kier alpha value is -1.51. The first-order chi connectivity index (χ1) is 9.34. The van der Waals surface area contributed by atoms with E-state index in [0.717, 1.165) is 12.8 Å². The van der Waals surface area contributed by atoms with Gasteiger partial charge in [0, 0.05) is 5.41 Å². The maximum absolute atomic E-state index is 11.1. The zero-order valence-electron chi connectivity index (χ0n) is 12.6. The molecule has 110 valence electrons. The predicted molar refractivity (Wildman–Crippen MR) is 79.3 cm³/mol. The summed E-state index contributed by atoms with van der Waals surface area (Å²) in [5.41, 5.74) is 0.122. The predicted octanol–water partition coefficient (Wildman–Crippen LogP) is 4.51. The lowest BCUT2D eigenvalue weighted by atomic mass is 9.68. The fraction of sp³-hybridized carbons (Fsp3) is 0.588. The number of aromatic carboxylic acids is 1. The van der Waals surface area contributed by atoms with Gasteiger partial charge in [-0.15, -0.1) is 0 Å². The van der Waals surface area contributed by atoms with Gasteiger partial charge in [-0.2, -0.15) is 0 Å². The second-order valence-corrected chi connectivity index (χ2v) is 6.74. The Morgan fingerprint density at radius 3 is 2.40 bits per heavy atom. The summed E-state index contributed by atoms with van der Waals surface area (Å²) in [6, 6.07) is 6.83. The molecule has 2 rings (SSSR count). The van der Waals surface area contributed by atoms with Gasteiger partial charge in [-0.25, -0.2) is 4.79 Å². The van der Waals surface area contributed by atoms with Crippen molar-refractivity contribution in [3.05, 3.63) is 29.8 Å². The molecule has 1 fully saturated rings. The van der Waals surface area contributed by atoms with Crippen LogP contribution >= 0.6 is 0 Å². The largest absolute Gasteiger partial charge is 0.487 e. The van der Waals surface area contributed by atoms with Crippen LogP contribution in [0, 0.1) is 5.41 Å². The van der Waals surface area contributed by atoms with Gasteiger partial charge in [0.1, 0.15) is 11.4 Å². The van der Waals surface area contributed by atoms with Gasteiger partial charge in [0.2, 0.25) is 0 Å². The Balaban J connectivity index is 2.28. The van der Waals surface area contributed by atoms with E-state index in [1.807, 2.05) is 6.07 Å². The van der Waals surface area contributed by atoms with Crippen LogP contribution in [0.1, 0.15) is 63.2 Å². The van der Waals surface area contributed by atoms with E-state index in [2.05, 4.69) is 20.8 Å². The highest BCUT2D eigenvalue weighted by atomic mass is 16.5. The Bertz CT molecular complexity index is 479. The Morgan fingerprint density at radius 1 is 1.20 bits per heavy atom. The molecule has 1 aromatic rings. The number of benzene rings is 1. The first kappa shape index (κ1) is 14.9. The molecule has 0 bridgehead atoms. The van der Waals surface area contributed by atoms with Gasteiger partial charge in [0.25, 0.3) is 0 Å². The second-order valence-electron chi connectivity index (χ2n) is 6.74. The number of hydrogen-bond acceptors (Lipinski definition) is 2. The van der Waals surface area contributed by atoms with Crippen LogP contribution in [0.2, 0.25) is 0 Å². The molecule has 0 radical (unpaired) electrons. The van der Waals surface area contributed by atoms with Crippen molar-refractivity contribution in [3.63, 3.8) is 0 Å². The number of carboxylic acids is 1. The standard InChI is InChI=1S/C17H24O3/c1-16(2,3)17(10-5-4-6-11-17)20-14-9-7-8-13(12-14)15(18)19/h7-9,12H,4-6,10-11H2,1-3H3,(H,18,19). The number of hydrogen-bond donors (Lipinski definition) is 1. The molecule has 1 aromatic carbocycles. The van der Waals surface area contributed by atoms with Crippen molar-refractivity contribution in [2.24, 2.45) is 5.41 Å². The molecule has 3 nitrogen and oxygen atoms in total. The lowest BCUT2D eigenvalue weighted by Gasteiger charge is -2.47. The summed E-state index contributed by atoms with van der Waals surface area (Å²) < 4.78 is 6.33. The molecule has 1 aliphatic rings. The first-order valence-corrected chi connectivity index (χ1v) is 7.36. The Morgan fingerprint density at radius 2 is 1.85 bits per heavy atom. The van der Waals surface area contributed by atoms with Crippen LogP contribution in [0.4, 0.5) is 0 Å². The normalized spacial score (nSPS) is 18.6. The maximum atomic E-state index is 11.1. The zero-order valence-corrected chi connectivity index (χ0v) is 12.6. The van der Waals surface area contributed by atoms with Crippen LogP contribution in [0.3, 0.4) is 0 Å². The molecule has 0 aromatic heterocycles. The van der Waals surface area contributed by atoms with Gasteiger partial charge in [-0.3, -0.25) is 0 Å². The molecule has 0 heterocycles. The van der Waals surface area contributed by atoms with E-state index in [1.54, 1.807) is 18.2 Å². The summed E-state index contributed by atoms with van der Waals surface area (Å²) in [4.78, 5) is 11.1. The molecule has 0 aliphatic heterocycles. The van der Waals surface area contributed by atoms with Crippen molar-refractivity contribution in [2.75, 3.05) is 0 Å². The number of rotatable bonds is 3. The maximum Gasteiger partial charge on any atom is 0.335 e. The molecule has 3 heteroatoms. The van der Waals surface area contributed by atoms with Gasteiger partial charge < -0.3 is 9.84 Å². The second kappa shape index (κ2) is 5.47. The van der Waals surface area contributed by atoms with Crippen molar-refractivity contribution in [1.82, 2.24) is 0 Å². The summed E-state index contributed by atoms with van der Waals surface area (Å²) >= 11 is 0. The molecule has 0 amide bonds. The zero-order chi connectivity index (χ0) is 14.8. The van der Waals surface area contributed by atoms with E-state index < -0.39 is 5.97 Å². The van der Waals surface area contributed by atoms with Crippen LogP contribution in [-0.4, -0.2) is 16.7 Å². The molecule has 0 spiro atoms. The van der Waals surface area contributed by atoms with Gasteiger partial charge >= 0.3 is 5.97 Å². The molecule has 1 N–H and O–H groups in total. The van der Waals surface area contributed by atoms with Crippen molar-refractivity contribution >= 4 is 5.97 Å². The molecular weight excluding hydrogens is 252 g/mol. The van der Waals surface area contributed by atoms with Crippen molar-refractivity contribution in [1.29, 1.82) is 0 Å². The summed E-state index contributed by atoms with van der Waals surface area (Å²) in [7, 11) is 0. The minimum Gasteiger partial charge on any atom is -0.487 e. The lowest BCUT2D eigenvalue weighted by molar-refractivity contribution is -0.0615. The first-order valence-electron chi connectivity index (χ1n) is 7.36. The third kappa shape index (κ3) is 2.97. The van der Waals surface area contributed by atoms with Crippen LogP contribution in [0.5, 0.6) is 5.75 Å². The highest BCUT2D eigenvalue weighted by Gasteiger charge is 2.44. The van der Waals surface area contributed by atoms with Crippen LogP contribution in [0.15, 0.2) is 24.3 Å². The Kier molecular flexibility index (Phi) is 4.07. The quantitative estimate of drug-likeness (QED) is 0.883. The summed E-state index contributed by atoms with van der Waals surface area (Å²) in [5.74, 6) is -0.245. The van der Waals surface area contributed by atoms with E-state index >= 15 is 0 Å². The van der Waals surface area contributed by atoms with E-state index in [0.29, 0.717) is 5.75 Å². The minimum atomic E-state index is -0.913. The topological polar surface area (TPSA) is 46.5 Å². The third-order valence-corrected chi connectivity index (χ3v) is 4.42. The van der Waals surface area contributed by atoms with Crippen LogP contribution in [0.25, 0.3) is 0 Å². The van der Waals surface area contributed by atoms with Crippen molar-refractivity contribution in [2.45, 2.75) is 58.5 Å². The smallest absolute Gasteiger partial charge is 0.335 e. The van der Waals surface area contributed by atoms with Gasteiger partial charge in [-0.05, 0) is 43.9 Å². The SMILES string of the molecule is CC(C)(C)C1(Oc2cccc(C(=O)O)c2)CCCCC1. The number of ether oxygens (including phenoxy) is 1. The molecule has 0 unspecified atom stereocenters. The molecule has 0 saturated heterocycles. The van der Waals surface area contributed by atoms with Crippen molar-refractivity contribution in [3.8, 4) is 5.75 Å². The van der Waals surface area contributed by atoms with E-state index in [9.17, 15) is 4.79 Å². The summed E-state index contributed by atoms with van der Waals surface area (Å²) in [5, 5.41) is 9.08. The molecule has 1 aliphatic carbocycles. The van der Waals surface area contributed by atoms with Gasteiger partial charge in [0.05, 0.1) is 5.56 Å². The van der Waals surface area contributed by atoms with Crippen molar-refractivity contribution < 1.29 is 14.6 Å². The molecule has 0 atom stereocenters. The number of carbonyl (C=O) groups is 1. The Labute approximate surface area is 121 Å². The molecular formula is C17H24O3. The highest BCUT2D eigenvalue weighted by molar-refractivity contribution is 5.88. The van der Waals surface area contributed by atoms with Gasteiger partial charge in [-0.1, -0.05) is 33.3 Å². The van der Waals surface area contributed by atoms with E-state index in [4.69, 9.17) is 9.84 Å². The molecule has 20 heavy (non-hydrogen) atoms. The fourth-order valence-corrected chi connectivity index (χ4v) is 3.05. The monoisotopic (exact) mass is 276 g/mol. The average molecular weight is 276 g/mol. The minimum absolute atomic E-state index is 0.0344. The summed E-state index contributed by atoms with van der Waals surface area (Å²) in [6.07, 6.45) is 5.68. The van der Waals surface area contributed by atoms with E-state index in [1.165, 1.54) is 19.3 Å². The van der Waals surface area contributed by atoms with Crippen LogP contribution < -0.4 is 4.74 Å². The lowest BCUT2D eigenvalue weighted by Crippen LogP contribution is -2.49.